The van der Waals surface area contributed by atoms with Crippen molar-refractivity contribution in [2.24, 2.45) is 0 Å². The molecule has 1 amide bonds. The normalized spacial score (nSPS) is 12.9. The highest BCUT2D eigenvalue weighted by Gasteiger charge is 2.19. The molecule has 2 aromatic heterocycles. The molecule has 114 valence electrons. The number of aromatic nitrogens is 4. The molecule has 7 nitrogen and oxygen atoms in total. The number of hydrogen-bond donors (Lipinski definition) is 1. The molecule has 2 rings (SSSR count). The largest absolute Gasteiger partial charge is 0.423 e. The van der Waals surface area contributed by atoms with Gasteiger partial charge >= 0.3 is 0 Å². The van der Waals surface area contributed by atoms with Gasteiger partial charge in [0.1, 0.15) is 11.7 Å². The maximum Gasteiger partial charge on any atom is 0.272 e. The van der Waals surface area contributed by atoms with Crippen LogP contribution in [0.25, 0.3) is 0 Å². The van der Waals surface area contributed by atoms with Crippen molar-refractivity contribution < 1.29 is 9.21 Å². The van der Waals surface area contributed by atoms with Gasteiger partial charge in [0.2, 0.25) is 11.8 Å². The topological polar surface area (TPSA) is 85.8 Å². The Kier molecular flexibility index (Phi) is 4.40. The molecule has 21 heavy (non-hydrogen) atoms. The van der Waals surface area contributed by atoms with Crippen LogP contribution in [0.4, 0.5) is 0 Å². The van der Waals surface area contributed by atoms with Gasteiger partial charge in [0.25, 0.3) is 5.91 Å². The lowest BCUT2D eigenvalue weighted by Gasteiger charge is -2.08. The highest BCUT2D eigenvalue weighted by atomic mass is 16.4. The van der Waals surface area contributed by atoms with E-state index in [1.807, 2.05) is 27.7 Å². The summed E-state index contributed by atoms with van der Waals surface area (Å²) >= 11 is 0. The van der Waals surface area contributed by atoms with E-state index < -0.39 is 0 Å². The van der Waals surface area contributed by atoms with Crippen molar-refractivity contribution in [1.82, 2.24) is 25.3 Å². The summed E-state index contributed by atoms with van der Waals surface area (Å²) in [5, 5.41) is 15.0. The van der Waals surface area contributed by atoms with Crippen LogP contribution in [0, 0.1) is 0 Å². The zero-order valence-corrected chi connectivity index (χ0v) is 13.0. The van der Waals surface area contributed by atoms with E-state index in [2.05, 4.69) is 20.6 Å². The summed E-state index contributed by atoms with van der Waals surface area (Å²) in [7, 11) is 0. The van der Waals surface area contributed by atoms with E-state index in [1.165, 1.54) is 0 Å². The van der Waals surface area contributed by atoms with Gasteiger partial charge in [0.05, 0.1) is 0 Å². The Morgan fingerprint density at radius 3 is 2.38 bits per heavy atom. The van der Waals surface area contributed by atoms with Crippen molar-refractivity contribution in [2.75, 3.05) is 0 Å². The van der Waals surface area contributed by atoms with E-state index in [1.54, 1.807) is 23.9 Å². The minimum absolute atomic E-state index is 0.163. The predicted octanol–water partition coefficient (Wildman–Crippen LogP) is 2.46. The lowest BCUT2D eigenvalue weighted by Crippen LogP contribution is -2.27. The SMILES string of the molecule is CC(C)c1nnc([C@@H](C)NC(=O)c2ccn(C(C)C)n2)o1. The van der Waals surface area contributed by atoms with Crippen molar-refractivity contribution >= 4 is 5.91 Å². The van der Waals surface area contributed by atoms with Gasteiger partial charge in [-0.2, -0.15) is 5.10 Å². The Balaban J connectivity index is 2.03. The molecular weight excluding hydrogens is 270 g/mol. The van der Waals surface area contributed by atoms with Crippen molar-refractivity contribution in [3.05, 3.63) is 29.7 Å². The number of nitrogens with one attached hydrogen (secondary N) is 1. The quantitative estimate of drug-likeness (QED) is 0.914. The Bertz CT molecular complexity index is 614. The highest BCUT2D eigenvalue weighted by molar-refractivity contribution is 5.92. The molecule has 0 unspecified atom stereocenters. The molecule has 7 heteroatoms. The number of rotatable bonds is 5. The zero-order chi connectivity index (χ0) is 15.6. The lowest BCUT2D eigenvalue weighted by molar-refractivity contribution is 0.0927. The lowest BCUT2D eigenvalue weighted by atomic mass is 10.2. The van der Waals surface area contributed by atoms with Crippen LogP contribution in [0.1, 0.15) is 74.9 Å². The monoisotopic (exact) mass is 291 g/mol. The molecule has 0 aromatic carbocycles. The molecule has 0 aliphatic carbocycles. The molecule has 0 radical (unpaired) electrons. The zero-order valence-electron chi connectivity index (χ0n) is 13.0. The minimum atomic E-state index is -0.360. The number of carbonyl (C=O) groups is 1. The standard InChI is InChI=1S/C14H21N5O2/c1-8(2)13-16-17-14(21-13)10(5)15-12(20)11-6-7-19(18-11)9(3)4/h6-10H,1-5H3,(H,15,20)/t10-/m1/s1. The first-order valence-electron chi connectivity index (χ1n) is 7.07. The molecule has 1 atom stereocenters. The average Bonchev–Trinajstić information content (AvgIpc) is 3.08. The van der Waals surface area contributed by atoms with Crippen LogP contribution in [0.2, 0.25) is 0 Å². The molecule has 0 bridgehead atoms. The second kappa shape index (κ2) is 6.07. The minimum Gasteiger partial charge on any atom is -0.423 e. The van der Waals surface area contributed by atoms with Crippen LogP contribution in [0.15, 0.2) is 16.7 Å². The molecule has 0 aliphatic rings. The molecule has 0 saturated heterocycles. The van der Waals surface area contributed by atoms with E-state index in [9.17, 15) is 4.79 Å². The van der Waals surface area contributed by atoms with E-state index in [-0.39, 0.29) is 23.9 Å². The summed E-state index contributed by atoms with van der Waals surface area (Å²) in [6.45, 7) is 9.75. The fraction of sp³-hybridized carbons (Fsp3) is 0.571. The predicted molar refractivity (Wildman–Crippen MR) is 76.9 cm³/mol. The van der Waals surface area contributed by atoms with Gasteiger partial charge in [0, 0.05) is 18.2 Å². The number of hydrogen-bond acceptors (Lipinski definition) is 5. The van der Waals surface area contributed by atoms with Crippen LogP contribution in [-0.2, 0) is 0 Å². The molecule has 0 aliphatic heterocycles. The second-order valence-electron chi connectivity index (χ2n) is 5.60. The van der Waals surface area contributed by atoms with Crippen LogP contribution in [-0.4, -0.2) is 25.9 Å². The molecule has 2 heterocycles. The first kappa shape index (κ1) is 15.2. The molecule has 2 aromatic rings. The Hall–Kier alpha value is -2.18. The third kappa shape index (κ3) is 3.48. The van der Waals surface area contributed by atoms with E-state index in [4.69, 9.17) is 4.42 Å². The fourth-order valence-corrected chi connectivity index (χ4v) is 1.73. The third-order valence-electron chi connectivity index (χ3n) is 3.04. The van der Waals surface area contributed by atoms with Crippen molar-refractivity contribution in [1.29, 1.82) is 0 Å². The van der Waals surface area contributed by atoms with Gasteiger partial charge < -0.3 is 9.73 Å². The van der Waals surface area contributed by atoms with Crippen LogP contribution in [0.3, 0.4) is 0 Å². The molecule has 0 spiro atoms. The van der Waals surface area contributed by atoms with E-state index in [0.29, 0.717) is 17.5 Å². The number of nitrogens with zero attached hydrogens (tertiary/aromatic N) is 4. The molecule has 0 fully saturated rings. The summed E-state index contributed by atoms with van der Waals surface area (Å²) in [6, 6.07) is 1.55. The van der Waals surface area contributed by atoms with Gasteiger partial charge in [-0.15, -0.1) is 10.2 Å². The van der Waals surface area contributed by atoms with Crippen LogP contribution < -0.4 is 5.32 Å². The summed E-state index contributed by atoms with van der Waals surface area (Å²) < 4.78 is 7.26. The van der Waals surface area contributed by atoms with Gasteiger partial charge in [0.15, 0.2) is 0 Å². The maximum atomic E-state index is 12.1. The Morgan fingerprint density at radius 2 is 1.86 bits per heavy atom. The number of amides is 1. The summed E-state index contributed by atoms with van der Waals surface area (Å²) in [4.78, 5) is 12.1. The number of carbonyl (C=O) groups excluding carboxylic acids is 1. The summed E-state index contributed by atoms with van der Waals surface area (Å²) in [6.07, 6.45) is 1.79. The first-order valence-corrected chi connectivity index (χ1v) is 7.07. The smallest absolute Gasteiger partial charge is 0.272 e. The molecule has 1 N–H and O–H groups in total. The first-order chi connectivity index (χ1) is 9.88. The van der Waals surface area contributed by atoms with Crippen LogP contribution in [0.5, 0.6) is 0 Å². The third-order valence-corrected chi connectivity index (χ3v) is 3.04. The van der Waals surface area contributed by atoms with Gasteiger partial charge in [-0.05, 0) is 26.8 Å². The second-order valence-corrected chi connectivity index (χ2v) is 5.60. The molecule has 0 saturated carbocycles. The van der Waals surface area contributed by atoms with E-state index >= 15 is 0 Å². The van der Waals surface area contributed by atoms with Crippen molar-refractivity contribution in [3.8, 4) is 0 Å². The van der Waals surface area contributed by atoms with Gasteiger partial charge in [-0.3, -0.25) is 9.48 Å². The van der Waals surface area contributed by atoms with Crippen molar-refractivity contribution in [2.45, 2.75) is 52.6 Å². The van der Waals surface area contributed by atoms with Gasteiger partial charge in [-0.25, -0.2) is 0 Å². The van der Waals surface area contributed by atoms with Crippen LogP contribution >= 0.6 is 0 Å². The summed E-state index contributed by atoms with van der Waals surface area (Å²) in [5.41, 5.74) is 0.374. The average molecular weight is 291 g/mol. The Labute approximate surface area is 123 Å². The summed E-state index contributed by atoms with van der Waals surface area (Å²) in [5.74, 6) is 0.868. The molecular formula is C14H21N5O2. The maximum absolute atomic E-state index is 12.1. The highest BCUT2D eigenvalue weighted by Crippen LogP contribution is 2.17. The Morgan fingerprint density at radius 1 is 1.19 bits per heavy atom. The van der Waals surface area contributed by atoms with Crippen molar-refractivity contribution in [3.63, 3.8) is 0 Å². The van der Waals surface area contributed by atoms with E-state index in [0.717, 1.165) is 0 Å². The fourth-order valence-electron chi connectivity index (χ4n) is 1.73. The van der Waals surface area contributed by atoms with Gasteiger partial charge in [-0.1, -0.05) is 13.8 Å².